The molecule has 0 heterocycles. The maximum Gasteiger partial charge on any atom is 0.138 e. The molecule has 0 saturated heterocycles. The van der Waals surface area contributed by atoms with E-state index in [0.717, 1.165) is 30.0 Å². The lowest BCUT2D eigenvalue weighted by atomic mass is 10.1. The highest BCUT2D eigenvalue weighted by atomic mass is 32.2. The van der Waals surface area contributed by atoms with Crippen LogP contribution in [0.15, 0.2) is 53.9 Å². The second-order valence-electron chi connectivity index (χ2n) is 5.51. The van der Waals surface area contributed by atoms with Crippen molar-refractivity contribution in [2.45, 2.75) is 13.8 Å². The fraction of sp³-hybridized carbons (Fsp3) is 0.300. The standard InChI is InChI=1S/C20H27N3OS/c1-4-23(5-2)17-12-10-16(11-13-17)19(21-3)14-25-15-22-18-8-6-7-9-20(18)24/h6-14,21-22,24H,4-5,15H2,1-3H3/b19-14-. The van der Waals surface area contributed by atoms with Crippen LogP contribution in [0.5, 0.6) is 5.75 Å². The Kier molecular flexibility index (Phi) is 7.54. The summed E-state index contributed by atoms with van der Waals surface area (Å²) in [7, 11) is 1.93. The molecule has 0 aliphatic rings. The number of rotatable bonds is 9. The van der Waals surface area contributed by atoms with Crippen LogP contribution in [0.3, 0.4) is 0 Å². The SMILES string of the molecule is CCN(CC)c1ccc(/C(=C/SCNc2ccccc2O)NC)cc1. The Morgan fingerprint density at radius 3 is 2.36 bits per heavy atom. The van der Waals surface area contributed by atoms with Crippen LogP contribution >= 0.6 is 11.8 Å². The molecule has 0 fully saturated rings. The summed E-state index contributed by atoms with van der Waals surface area (Å²) < 4.78 is 0. The van der Waals surface area contributed by atoms with Crippen molar-refractivity contribution < 1.29 is 5.11 Å². The van der Waals surface area contributed by atoms with Gasteiger partial charge < -0.3 is 20.6 Å². The van der Waals surface area contributed by atoms with Crippen molar-refractivity contribution in [1.29, 1.82) is 0 Å². The van der Waals surface area contributed by atoms with E-state index in [1.807, 2.05) is 25.2 Å². The lowest BCUT2D eigenvalue weighted by Crippen LogP contribution is -2.21. The van der Waals surface area contributed by atoms with Gasteiger partial charge in [-0.25, -0.2) is 0 Å². The molecule has 0 aromatic heterocycles. The van der Waals surface area contributed by atoms with E-state index in [0.29, 0.717) is 5.88 Å². The molecule has 25 heavy (non-hydrogen) atoms. The number of benzene rings is 2. The van der Waals surface area contributed by atoms with Crippen LogP contribution < -0.4 is 15.5 Å². The summed E-state index contributed by atoms with van der Waals surface area (Å²) in [6.45, 7) is 6.37. The Balaban J connectivity index is 1.96. The number of hydrogen-bond donors (Lipinski definition) is 3. The van der Waals surface area contributed by atoms with Crippen LogP contribution in [0.4, 0.5) is 11.4 Å². The van der Waals surface area contributed by atoms with Crippen LogP contribution in [0.2, 0.25) is 0 Å². The van der Waals surface area contributed by atoms with Gasteiger partial charge in [-0.05, 0) is 49.1 Å². The number of aromatic hydroxyl groups is 1. The zero-order valence-corrected chi connectivity index (χ0v) is 15.9. The zero-order valence-electron chi connectivity index (χ0n) is 15.1. The summed E-state index contributed by atoms with van der Waals surface area (Å²) in [5.41, 5.74) is 4.24. The molecule has 0 aliphatic carbocycles. The molecule has 0 spiro atoms. The molecule has 0 atom stereocenters. The Labute approximate surface area is 154 Å². The number of hydrogen-bond acceptors (Lipinski definition) is 5. The number of phenols is 1. The molecule has 4 nitrogen and oxygen atoms in total. The highest BCUT2D eigenvalue weighted by molar-refractivity contribution is 8.02. The number of nitrogens with zero attached hydrogens (tertiary/aromatic N) is 1. The first kappa shape index (κ1) is 19.1. The second-order valence-corrected chi connectivity index (χ2v) is 6.36. The van der Waals surface area contributed by atoms with Gasteiger partial charge >= 0.3 is 0 Å². The van der Waals surface area contributed by atoms with Crippen molar-refractivity contribution in [3.8, 4) is 5.75 Å². The van der Waals surface area contributed by atoms with Crippen molar-refractivity contribution in [2.24, 2.45) is 0 Å². The van der Waals surface area contributed by atoms with Gasteiger partial charge in [0, 0.05) is 31.5 Å². The fourth-order valence-corrected chi connectivity index (χ4v) is 3.32. The van der Waals surface area contributed by atoms with Gasteiger partial charge in [0.05, 0.1) is 11.6 Å². The summed E-state index contributed by atoms with van der Waals surface area (Å²) in [5, 5.41) is 18.3. The van der Waals surface area contributed by atoms with Crippen LogP contribution in [0, 0.1) is 0 Å². The van der Waals surface area contributed by atoms with Gasteiger partial charge in [0.1, 0.15) is 5.75 Å². The highest BCUT2D eigenvalue weighted by Crippen LogP contribution is 2.24. The molecule has 2 aromatic carbocycles. The Hall–Kier alpha value is -2.27. The van der Waals surface area contributed by atoms with Gasteiger partial charge in [0.25, 0.3) is 0 Å². The number of anilines is 2. The Morgan fingerprint density at radius 2 is 1.76 bits per heavy atom. The van der Waals surface area contributed by atoms with Crippen molar-refractivity contribution in [1.82, 2.24) is 5.32 Å². The third-order valence-electron chi connectivity index (χ3n) is 4.03. The minimum absolute atomic E-state index is 0.271. The normalized spacial score (nSPS) is 11.2. The molecular weight excluding hydrogens is 330 g/mol. The van der Waals surface area contributed by atoms with E-state index in [1.165, 1.54) is 5.69 Å². The van der Waals surface area contributed by atoms with Crippen molar-refractivity contribution in [2.75, 3.05) is 36.2 Å². The molecule has 2 rings (SSSR count). The van der Waals surface area contributed by atoms with E-state index in [2.05, 4.69) is 59.1 Å². The first-order valence-electron chi connectivity index (χ1n) is 8.56. The largest absolute Gasteiger partial charge is 0.506 e. The van der Waals surface area contributed by atoms with Crippen molar-refractivity contribution in [3.63, 3.8) is 0 Å². The molecule has 0 unspecified atom stereocenters. The van der Waals surface area contributed by atoms with Crippen LogP contribution in [-0.2, 0) is 0 Å². The first-order valence-corrected chi connectivity index (χ1v) is 9.61. The summed E-state index contributed by atoms with van der Waals surface area (Å²) in [5.74, 6) is 0.952. The molecule has 3 N–H and O–H groups in total. The van der Waals surface area contributed by atoms with Crippen LogP contribution in [-0.4, -0.2) is 31.1 Å². The minimum Gasteiger partial charge on any atom is -0.506 e. The predicted molar refractivity (Wildman–Crippen MR) is 111 cm³/mol. The smallest absolute Gasteiger partial charge is 0.138 e. The summed E-state index contributed by atoms with van der Waals surface area (Å²) >= 11 is 1.65. The van der Waals surface area contributed by atoms with Crippen molar-refractivity contribution >= 4 is 28.8 Å². The van der Waals surface area contributed by atoms with Gasteiger partial charge in [-0.3, -0.25) is 0 Å². The number of nitrogens with one attached hydrogen (secondary N) is 2. The Bertz CT molecular complexity index is 682. The third kappa shape index (κ3) is 5.36. The molecule has 134 valence electrons. The molecule has 0 bridgehead atoms. The van der Waals surface area contributed by atoms with Gasteiger partial charge in [-0.1, -0.05) is 24.3 Å². The van der Waals surface area contributed by atoms with E-state index >= 15 is 0 Å². The van der Waals surface area contributed by atoms with Gasteiger partial charge in [0.2, 0.25) is 0 Å². The average molecular weight is 358 g/mol. The first-order chi connectivity index (χ1) is 12.2. The summed E-state index contributed by atoms with van der Waals surface area (Å²) in [6.07, 6.45) is 0. The van der Waals surface area contributed by atoms with Crippen molar-refractivity contribution in [3.05, 3.63) is 59.5 Å². The van der Waals surface area contributed by atoms with E-state index in [-0.39, 0.29) is 5.75 Å². The molecule has 0 amide bonds. The monoisotopic (exact) mass is 357 g/mol. The third-order valence-corrected chi connectivity index (χ3v) is 4.74. The molecule has 0 radical (unpaired) electrons. The van der Waals surface area contributed by atoms with E-state index in [1.54, 1.807) is 17.8 Å². The number of thioether (sulfide) groups is 1. The van der Waals surface area contributed by atoms with Gasteiger partial charge in [0.15, 0.2) is 0 Å². The number of para-hydroxylation sites is 2. The average Bonchev–Trinajstić information content (AvgIpc) is 2.65. The molecule has 0 aliphatic heterocycles. The van der Waals surface area contributed by atoms with Crippen LogP contribution in [0.1, 0.15) is 19.4 Å². The van der Waals surface area contributed by atoms with E-state index in [4.69, 9.17) is 0 Å². The van der Waals surface area contributed by atoms with E-state index in [9.17, 15) is 5.11 Å². The van der Waals surface area contributed by atoms with E-state index < -0.39 is 0 Å². The predicted octanol–water partition coefficient (Wildman–Crippen LogP) is 4.56. The molecule has 0 saturated carbocycles. The lowest BCUT2D eigenvalue weighted by Gasteiger charge is -2.21. The van der Waals surface area contributed by atoms with Gasteiger partial charge in [-0.2, -0.15) is 0 Å². The summed E-state index contributed by atoms with van der Waals surface area (Å²) in [4.78, 5) is 2.33. The zero-order chi connectivity index (χ0) is 18.1. The fourth-order valence-electron chi connectivity index (χ4n) is 2.58. The molecule has 2 aromatic rings. The summed E-state index contributed by atoms with van der Waals surface area (Å²) in [6, 6.07) is 15.9. The minimum atomic E-state index is 0.271. The quantitative estimate of drug-likeness (QED) is 0.349. The Morgan fingerprint density at radius 1 is 1.08 bits per heavy atom. The lowest BCUT2D eigenvalue weighted by molar-refractivity contribution is 0.477. The number of phenolic OH excluding ortho intramolecular Hbond substituents is 1. The maximum absolute atomic E-state index is 9.75. The maximum atomic E-state index is 9.75. The van der Waals surface area contributed by atoms with Gasteiger partial charge in [-0.15, -0.1) is 11.8 Å². The topological polar surface area (TPSA) is 47.5 Å². The van der Waals surface area contributed by atoms with Crippen LogP contribution in [0.25, 0.3) is 5.70 Å². The molecule has 5 heteroatoms. The second kappa shape index (κ2) is 9.89. The highest BCUT2D eigenvalue weighted by Gasteiger charge is 2.04. The molecular formula is C20H27N3OS.